The molecule has 0 radical (unpaired) electrons. The number of nitrogens with one attached hydrogen (secondary N) is 1. The standard InChI is InChI=1S/C11H24N2O/c1-5-7-9(11(3,4)8-14)13-10(12)6-2/h7,10,13-14H,5-6,8,12H2,1-4H3/b9-7-. The topological polar surface area (TPSA) is 58.3 Å². The molecule has 0 saturated carbocycles. The zero-order valence-corrected chi connectivity index (χ0v) is 9.80. The summed E-state index contributed by atoms with van der Waals surface area (Å²) in [6.07, 6.45) is 3.88. The number of aliphatic hydroxyl groups excluding tert-OH is 1. The minimum Gasteiger partial charge on any atom is -0.395 e. The summed E-state index contributed by atoms with van der Waals surface area (Å²) in [5.41, 5.74) is 6.63. The molecule has 0 aliphatic carbocycles. The minimum atomic E-state index is -0.233. The molecular weight excluding hydrogens is 176 g/mol. The smallest absolute Gasteiger partial charge is 0.0737 e. The molecule has 0 rings (SSSR count). The third-order valence-corrected chi connectivity index (χ3v) is 2.31. The predicted octanol–water partition coefficient (Wildman–Crippen LogP) is 1.58. The summed E-state index contributed by atoms with van der Waals surface area (Å²) in [5.74, 6) is 0. The Balaban J connectivity index is 4.53. The summed E-state index contributed by atoms with van der Waals surface area (Å²) in [4.78, 5) is 0. The van der Waals surface area contributed by atoms with Gasteiger partial charge in [-0.25, -0.2) is 0 Å². The first-order valence-corrected chi connectivity index (χ1v) is 5.31. The number of hydrogen-bond acceptors (Lipinski definition) is 3. The normalized spacial score (nSPS) is 15.4. The fourth-order valence-corrected chi connectivity index (χ4v) is 1.12. The molecule has 0 saturated heterocycles. The van der Waals surface area contributed by atoms with Crippen molar-refractivity contribution in [2.24, 2.45) is 11.1 Å². The first-order valence-electron chi connectivity index (χ1n) is 5.31. The quantitative estimate of drug-likeness (QED) is 0.571. The molecule has 3 heteroatoms. The highest BCUT2D eigenvalue weighted by Gasteiger charge is 2.22. The maximum Gasteiger partial charge on any atom is 0.0737 e. The number of rotatable bonds is 6. The average Bonchev–Trinajstić information content (AvgIpc) is 2.17. The number of nitrogens with two attached hydrogens (primary N) is 1. The molecule has 14 heavy (non-hydrogen) atoms. The molecule has 0 fully saturated rings. The second-order valence-corrected chi connectivity index (χ2v) is 4.23. The zero-order valence-electron chi connectivity index (χ0n) is 9.80. The SMILES string of the molecule is CC/C=C(\NC(N)CC)C(C)(C)CO. The van der Waals surface area contributed by atoms with E-state index in [4.69, 9.17) is 5.73 Å². The van der Waals surface area contributed by atoms with E-state index in [1.54, 1.807) is 0 Å². The molecule has 0 aromatic rings. The maximum absolute atomic E-state index is 9.26. The van der Waals surface area contributed by atoms with Crippen molar-refractivity contribution in [2.45, 2.75) is 46.7 Å². The lowest BCUT2D eigenvalue weighted by Crippen LogP contribution is -2.41. The van der Waals surface area contributed by atoms with Gasteiger partial charge >= 0.3 is 0 Å². The van der Waals surface area contributed by atoms with Crippen LogP contribution in [0.4, 0.5) is 0 Å². The van der Waals surface area contributed by atoms with Gasteiger partial charge in [0.15, 0.2) is 0 Å². The number of hydrogen-bond donors (Lipinski definition) is 3. The lowest BCUT2D eigenvalue weighted by molar-refractivity contribution is 0.180. The van der Waals surface area contributed by atoms with Crippen LogP contribution in [0.5, 0.6) is 0 Å². The second-order valence-electron chi connectivity index (χ2n) is 4.23. The van der Waals surface area contributed by atoms with Crippen molar-refractivity contribution in [1.82, 2.24) is 5.32 Å². The van der Waals surface area contributed by atoms with E-state index >= 15 is 0 Å². The van der Waals surface area contributed by atoms with Crippen LogP contribution in [-0.4, -0.2) is 17.9 Å². The molecule has 0 aromatic carbocycles. The molecule has 0 heterocycles. The van der Waals surface area contributed by atoms with E-state index in [0.29, 0.717) is 0 Å². The highest BCUT2D eigenvalue weighted by atomic mass is 16.3. The highest BCUT2D eigenvalue weighted by Crippen LogP contribution is 2.23. The van der Waals surface area contributed by atoms with Crippen molar-refractivity contribution >= 4 is 0 Å². The summed E-state index contributed by atoms with van der Waals surface area (Å²) in [5, 5.41) is 12.5. The van der Waals surface area contributed by atoms with E-state index in [1.807, 2.05) is 20.8 Å². The van der Waals surface area contributed by atoms with Crippen LogP contribution >= 0.6 is 0 Å². The predicted molar refractivity (Wildman–Crippen MR) is 60.6 cm³/mol. The van der Waals surface area contributed by atoms with E-state index in [0.717, 1.165) is 18.5 Å². The summed E-state index contributed by atoms with van der Waals surface area (Å²) in [6.45, 7) is 8.25. The minimum absolute atomic E-state index is 0.0291. The van der Waals surface area contributed by atoms with E-state index in [1.165, 1.54) is 0 Å². The van der Waals surface area contributed by atoms with Crippen LogP contribution < -0.4 is 11.1 Å². The fraction of sp³-hybridized carbons (Fsp3) is 0.818. The van der Waals surface area contributed by atoms with Gasteiger partial charge in [-0.3, -0.25) is 0 Å². The van der Waals surface area contributed by atoms with E-state index in [2.05, 4.69) is 18.3 Å². The molecule has 0 bridgehead atoms. The van der Waals surface area contributed by atoms with Crippen molar-refractivity contribution in [2.75, 3.05) is 6.61 Å². The van der Waals surface area contributed by atoms with Gasteiger partial charge in [-0.2, -0.15) is 0 Å². The number of allylic oxidation sites excluding steroid dienone is 1. The Morgan fingerprint density at radius 3 is 2.43 bits per heavy atom. The Morgan fingerprint density at radius 2 is 2.07 bits per heavy atom. The Kier molecular flexibility index (Phi) is 5.81. The zero-order chi connectivity index (χ0) is 11.2. The van der Waals surface area contributed by atoms with Crippen molar-refractivity contribution in [1.29, 1.82) is 0 Å². The van der Waals surface area contributed by atoms with Crippen LogP contribution in [0.1, 0.15) is 40.5 Å². The van der Waals surface area contributed by atoms with Gasteiger partial charge < -0.3 is 16.2 Å². The molecule has 3 nitrogen and oxygen atoms in total. The van der Waals surface area contributed by atoms with Gasteiger partial charge in [-0.1, -0.05) is 33.8 Å². The van der Waals surface area contributed by atoms with Gasteiger partial charge in [0.2, 0.25) is 0 Å². The number of aliphatic hydroxyl groups is 1. The third kappa shape index (κ3) is 4.11. The van der Waals surface area contributed by atoms with E-state index in [9.17, 15) is 5.11 Å². The van der Waals surface area contributed by atoms with Crippen LogP contribution in [0.3, 0.4) is 0 Å². The highest BCUT2D eigenvalue weighted by molar-refractivity contribution is 5.10. The van der Waals surface area contributed by atoms with Crippen LogP contribution in [0.2, 0.25) is 0 Å². The lowest BCUT2D eigenvalue weighted by atomic mass is 9.89. The van der Waals surface area contributed by atoms with Crippen LogP contribution in [-0.2, 0) is 0 Å². The van der Waals surface area contributed by atoms with Gasteiger partial charge in [0.05, 0.1) is 12.8 Å². The average molecular weight is 200 g/mol. The van der Waals surface area contributed by atoms with Gasteiger partial charge in [-0.15, -0.1) is 0 Å². The molecule has 0 aliphatic rings. The summed E-state index contributed by atoms with van der Waals surface area (Å²) >= 11 is 0. The summed E-state index contributed by atoms with van der Waals surface area (Å²) < 4.78 is 0. The van der Waals surface area contributed by atoms with Crippen molar-refractivity contribution < 1.29 is 5.11 Å². The molecule has 0 amide bonds. The molecule has 1 unspecified atom stereocenters. The van der Waals surface area contributed by atoms with Crippen LogP contribution in [0.25, 0.3) is 0 Å². The lowest BCUT2D eigenvalue weighted by Gasteiger charge is -2.29. The van der Waals surface area contributed by atoms with Crippen molar-refractivity contribution in [3.8, 4) is 0 Å². The molecule has 84 valence electrons. The maximum atomic E-state index is 9.26. The second kappa shape index (κ2) is 6.04. The van der Waals surface area contributed by atoms with Gasteiger partial charge in [0.25, 0.3) is 0 Å². The largest absolute Gasteiger partial charge is 0.395 e. The van der Waals surface area contributed by atoms with E-state index in [-0.39, 0.29) is 18.2 Å². The molecule has 4 N–H and O–H groups in total. The molecular formula is C11H24N2O. The summed E-state index contributed by atoms with van der Waals surface area (Å²) in [7, 11) is 0. The summed E-state index contributed by atoms with van der Waals surface area (Å²) in [6, 6.07) is 0. The van der Waals surface area contributed by atoms with Gasteiger partial charge in [-0.05, 0) is 12.8 Å². The van der Waals surface area contributed by atoms with Gasteiger partial charge in [0.1, 0.15) is 0 Å². The van der Waals surface area contributed by atoms with Crippen LogP contribution in [0.15, 0.2) is 11.8 Å². The third-order valence-electron chi connectivity index (χ3n) is 2.31. The van der Waals surface area contributed by atoms with E-state index < -0.39 is 0 Å². The Bertz CT molecular complexity index is 188. The molecule has 1 atom stereocenters. The first kappa shape index (κ1) is 13.5. The molecule has 0 aromatic heterocycles. The Labute approximate surface area is 87.4 Å². The Morgan fingerprint density at radius 1 is 1.50 bits per heavy atom. The monoisotopic (exact) mass is 200 g/mol. The molecule has 0 spiro atoms. The first-order chi connectivity index (χ1) is 6.47. The van der Waals surface area contributed by atoms with Gasteiger partial charge in [0, 0.05) is 11.1 Å². The van der Waals surface area contributed by atoms with Crippen molar-refractivity contribution in [3.63, 3.8) is 0 Å². The van der Waals surface area contributed by atoms with Crippen molar-refractivity contribution in [3.05, 3.63) is 11.8 Å². The Hall–Kier alpha value is -0.540. The molecule has 0 aliphatic heterocycles. The van der Waals surface area contributed by atoms with Crippen LogP contribution in [0, 0.1) is 5.41 Å². The fourth-order valence-electron chi connectivity index (χ4n) is 1.12.